The average molecular weight is 179 g/mol. The molecule has 0 amide bonds. The minimum atomic E-state index is -0.456. The van der Waals surface area contributed by atoms with E-state index in [1.54, 1.807) is 18.2 Å². The maximum Gasteiger partial charge on any atom is 0.417 e. The predicted octanol–water partition coefficient (Wildman–Crippen LogP) is 1.52. The van der Waals surface area contributed by atoms with Gasteiger partial charge in [0.2, 0.25) is 0 Å². The van der Waals surface area contributed by atoms with E-state index in [0.29, 0.717) is 23.5 Å². The van der Waals surface area contributed by atoms with Crippen LogP contribution in [0.4, 0.5) is 0 Å². The summed E-state index contributed by atoms with van der Waals surface area (Å²) in [5.74, 6) is 0.188. The number of ether oxygens (including phenoxy) is 1. The zero-order valence-corrected chi connectivity index (χ0v) is 7.16. The molecule has 0 aliphatic rings. The molecule has 0 fully saturated rings. The molecule has 0 unspecified atom stereocenters. The second kappa shape index (κ2) is 2.97. The third-order valence-corrected chi connectivity index (χ3v) is 1.72. The van der Waals surface area contributed by atoms with Crippen LogP contribution < -0.4 is 10.5 Å². The Hall–Kier alpha value is -1.71. The molecule has 4 nitrogen and oxygen atoms in total. The van der Waals surface area contributed by atoms with Crippen molar-refractivity contribution >= 4 is 11.1 Å². The molecule has 0 aliphatic heterocycles. The summed E-state index contributed by atoms with van der Waals surface area (Å²) in [5, 5.41) is 0. The zero-order valence-electron chi connectivity index (χ0n) is 7.16. The summed E-state index contributed by atoms with van der Waals surface area (Å²) in [7, 11) is 0. The van der Waals surface area contributed by atoms with Crippen molar-refractivity contribution in [3.05, 3.63) is 28.7 Å². The van der Waals surface area contributed by atoms with Crippen LogP contribution in [0.15, 0.2) is 27.4 Å². The second-order valence-corrected chi connectivity index (χ2v) is 2.58. The molecule has 2 rings (SSSR count). The van der Waals surface area contributed by atoms with Crippen molar-refractivity contribution in [1.29, 1.82) is 0 Å². The number of benzene rings is 1. The molecule has 0 radical (unpaired) electrons. The normalized spacial score (nSPS) is 10.5. The first-order chi connectivity index (χ1) is 6.31. The Morgan fingerprint density at radius 1 is 1.54 bits per heavy atom. The van der Waals surface area contributed by atoms with E-state index in [1.165, 1.54) is 0 Å². The van der Waals surface area contributed by atoms with Gasteiger partial charge in [-0.15, -0.1) is 0 Å². The minimum Gasteiger partial charge on any atom is -0.492 e. The Labute approximate surface area is 74.1 Å². The number of rotatable bonds is 2. The van der Waals surface area contributed by atoms with E-state index >= 15 is 0 Å². The fourth-order valence-corrected chi connectivity index (χ4v) is 1.22. The molecule has 1 aromatic heterocycles. The number of aromatic amines is 1. The van der Waals surface area contributed by atoms with Gasteiger partial charge in [-0.25, -0.2) is 4.79 Å². The van der Waals surface area contributed by atoms with Crippen LogP contribution in [0.25, 0.3) is 11.1 Å². The van der Waals surface area contributed by atoms with Gasteiger partial charge in [0.1, 0.15) is 11.3 Å². The van der Waals surface area contributed by atoms with E-state index in [0.717, 1.165) is 0 Å². The van der Waals surface area contributed by atoms with Gasteiger partial charge in [0, 0.05) is 0 Å². The smallest absolute Gasteiger partial charge is 0.417 e. The molecule has 0 aliphatic carbocycles. The highest BCUT2D eigenvalue weighted by molar-refractivity contribution is 5.79. The third kappa shape index (κ3) is 1.30. The predicted molar refractivity (Wildman–Crippen MR) is 48.0 cm³/mol. The molecule has 13 heavy (non-hydrogen) atoms. The lowest BCUT2D eigenvalue weighted by Gasteiger charge is -2.01. The monoisotopic (exact) mass is 179 g/mol. The first kappa shape index (κ1) is 7.91. The minimum absolute atomic E-state index is 0.456. The second-order valence-electron chi connectivity index (χ2n) is 2.58. The number of fused-ring (bicyclic) bond motifs is 1. The third-order valence-electron chi connectivity index (χ3n) is 1.72. The highest BCUT2D eigenvalue weighted by Gasteiger charge is 2.05. The Bertz CT molecular complexity index is 469. The fraction of sp³-hybridized carbons (Fsp3) is 0.222. The Morgan fingerprint density at radius 2 is 2.38 bits per heavy atom. The van der Waals surface area contributed by atoms with Crippen LogP contribution in [0.5, 0.6) is 5.75 Å². The summed E-state index contributed by atoms with van der Waals surface area (Å²) < 4.78 is 10.2. The lowest BCUT2D eigenvalue weighted by molar-refractivity contribution is 0.343. The van der Waals surface area contributed by atoms with Crippen LogP contribution in [-0.2, 0) is 0 Å². The van der Waals surface area contributed by atoms with Gasteiger partial charge in [0.05, 0.1) is 6.61 Å². The fourth-order valence-electron chi connectivity index (χ4n) is 1.22. The summed E-state index contributed by atoms with van der Waals surface area (Å²) in [5.41, 5.74) is 1.14. The largest absolute Gasteiger partial charge is 0.492 e. The maximum atomic E-state index is 10.9. The average Bonchev–Trinajstić information content (AvgIpc) is 2.47. The van der Waals surface area contributed by atoms with Crippen molar-refractivity contribution in [3.63, 3.8) is 0 Å². The van der Waals surface area contributed by atoms with Gasteiger partial charge in [-0.05, 0) is 19.1 Å². The number of aromatic nitrogens is 1. The molecular weight excluding hydrogens is 170 g/mol. The topological polar surface area (TPSA) is 55.2 Å². The molecule has 0 saturated carbocycles. The van der Waals surface area contributed by atoms with E-state index in [-0.39, 0.29) is 0 Å². The van der Waals surface area contributed by atoms with Crippen molar-refractivity contribution in [3.8, 4) is 5.75 Å². The zero-order chi connectivity index (χ0) is 9.26. The summed E-state index contributed by atoms with van der Waals surface area (Å²) in [6.45, 7) is 2.45. The van der Waals surface area contributed by atoms with Crippen molar-refractivity contribution in [2.45, 2.75) is 6.92 Å². The summed E-state index contributed by atoms with van der Waals surface area (Å²) in [6.07, 6.45) is 0. The Kier molecular flexibility index (Phi) is 1.81. The van der Waals surface area contributed by atoms with Crippen molar-refractivity contribution in [1.82, 2.24) is 4.98 Å². The van der Waals surface area contributed by atoms with Crippen molar-refractivity contribution < 1.29 is 9.15 Å². The summed E-state index contributed by atoms with van der Waals surface area (Å²) >= 11 is 0. The van der Waals surface area contributed by atoms with Crippen LogP contribution in [0, 0.1) is 0 Å². The molecule has 0 spiro atoms. The van der Waals surface area contributed by atoms with E-state index in [1.807, 2.05) is 6.92 Å². The lowest BCUT2D eigenvalue weighted by Crippen LogP contribution is -1.95. The molecular formula is C9H9NO3. The van der Waals surface area contributed by atoms with Crippen LogP contribution in [-0.4, -0.2) is 11.6 Å². The van der Waals surface area contributed by atoms with Gasteiger partial charge in [-0.1, -0.05) is 6.07 Å². The quantitative estimate of drug-likeness (QED) is 0.760. The van der Waals surface area contributed by atoms with Gasteiger partial charge < -0.3 is 9.15 Å². The van der Waals surface area contributed by atoms with Crippen LogP contribution >= 0.6 is 0 Å². The van der Waals surface area contributed by atoms with E-state index in [2.05, 4.69) is 4.98 Å². The van der Waals surface area contributed by atoms with Crippen molar-refractivity contribution in [2.75, 3.05) is 6.61 Å². The van der Waals surface area contributed by atoms with Crippen LogP contribution in [0.1, 0.15) is 6.92 Å². The SMILES string of the molecule is CCOc1cccc2oc(=O)[nH]c12. The number of nitrogens with one attached hydrogen (secondary N) is 1. The highest BCUT2D eigenvalue weighted by Crippen LogP contribution is 2.21. The van der Waals surface area contributed by atoms with Gasteiger partial charge in [0.25, 0.3) is 0 Å². The van der Waals surface area contributed by atoms with Crippen LogP contribution in [0.3, 0.4) is 0 Å². The van der Waals surface area contributed by atoms with Crippen molar-refractivity contribution in [2.24, 2.45) is 0 Å². The Balaban J connectivity index is 2.67. The van der Waals surface area contributed by atoms with Gasteiger partial charge in [0.15, 0.2) is 5.58 Å². The maximum absolute atomic E-state index is 10.9. The van der Waals surface area contributed by atoms with E-state index < -0.39 is 5.76 Å². The van der Waals surface area contributed by atoms with Gasteiger partial charge >= 0.3 is 5.76 Å². The molecule has 1 N–H and O–H groups in total. The number of hydrogen-bond acceptors (Lipinski definition) is 3. The Morgan fingerprint density at radius 3 is 3.15 bits per heavy atom. The molecule has 0 bridgehead atoms. The first-order valence-electron chi connectivity index (χ1n) is 4.06. The molecule has 4 heteroatoms. The molecule has 1 aromatic carbocycles. The van der Waals surface area contributed by atoms with E-state index in [9.17, 15) is 4.79 Å². The number of oxazole rings is 1. The number of para-hydroxylation sites is 1. The highest BCUT2D eigenvalue weighted by atomic mass is 16.5. The molecule has 0 atom stereocenters. The number of H-pyrrole nitrogens is 1. The molecule has 1 heterocycles. The first-order valence-corrected chi connectivity index (χ1v) is 4.06. The standard InChI is InChI=1S/C9H9NO3/c1-2-12-6-4-3-5-7-8(6)10-9(11)13-7/h3-5H,2H2,1H3,(H,10,11). The molecule has 2 aromatic rings. The molecule has 68 valence electrons. The van der Waals surface area contributed by atoms with E-state index in [4.69, 9.17) is 9.15 Å². The number of hydrogen-bond donors (Lipinski definition) is 1. The lowest BCUT2D eigenvalue weighted by atomic mass is 10.3. The summed E-state index contributed by atoms with van der Waals surface area (Å²) in [4.78, 5) is 13.4. The summed E-state index contributed by atoms with van der Waals surface area (Å²) in [6, 6.07) is 5.29. The van der Waals surface area contributed by atoms with Gasteiger partial charge in [-0.3, -0.25) is 4.98 Å². The molecule has 0 saturated heterocycles. The van der Waals surface area contributed by atoms with Gasteiger partial charge in [-0.2, -0.15) is 0 Å². The van der Waals surface area contributed by atoms with Crippen LogP contribution in [0.2, 0.25) is 0 Å².